The van der Waals surface area contributed by atoms with E-state index in [1.54, 1.807) is 79.2 Å². The minimum atomic E-state index is -4.11. The number of fused-ring (bicyclic) bond motifs is 2. The summed E-state index contributed by atoms with van der Waals surface area (Å²) < 4.78 is 33.8. The third-order valence-corrected chi connectivity index (χ3v) is 17.1. The SMILES string of the molecule is C[C@@]1(Cc2ccc(-c3cncnc3)cc2)C(=O)N(c2cc(Cl)cc(Cl)c2)c2ncc(I)n21.C[C@@]1(Cc2ccc(-c3cncnc3)cc2)C(=O)N(c2cc(Cl)cc(Cl)c2)c2ncc(S(=O)(=O)N3CCC(C(N)=O)CC3)n21. The number of benzene rings is 4. The van der Waals surface area contributed by atoms with Crippen molar-refractivity contribution in [1.82, 2.24) is 43.3 Å². The molecule has 4 aromatic carbocycles. The van der Waals surface area contributed by atoms with E-state index in [1.807, 2.05) is 60.0 Å². The number of sulfonamides is 1. The average Bonchev–Trinajstić information content (AvgIpc) is 4.16. The van der Waals surface area contributed by atoms with Gasteiger partial charge < -0.3 is 5.73 Å². The first kappa shape index (κ1) is 52.1. The maximum Gasteiger partial charge on any atom is 0.260 e. The second-order valence-corrected chi connectivity index (χ2v) is 23.4. The Hall–Kier alpha value is -6.33. The van der Waals surface area contributed by atoms with E-state index in [0.717, 1.165) is 37.1 Å². The number of amides is 3. The van der Waals surface area contributed by atoms with Gasteiger partial charge in [-0.05, 0) is 108 Å². The number of aromatic nitrogens is 8. The predicted octanol–water partition coefficient (Wildman–Crippen LogP) is 10.1. The standard InChI is InChI=1S/C29H27Cl2N7O4S.C23H16Cl2IN5O/c1-29(13-18-2-4-19(5-3-18)21-14-33-17-34-15-21)27(40)37(24-11-22(30)10-23(31)12-24)28-35-16-25(38(28)29)43(41,42)36-8-6-20(7-9-36)26(32)39;1-23(9-14-2-4-15(5-3-14)16-10-27-13-28-11-16)21(32)30(22-29-12-20(26)31(22)23)19-7-17(24)6-18(25)8-19/h2-5,10-12,14-17,20H,6-9,13H2,1H3,(H2,32,39);2-8,10-13H,9H2,1H3/t29-;23-/m11/s1. The second kappa shape index (κ2) is 20.7. The molecular weight excluding hydrogens is 1170 g/mol. The van der Waals surface area contributed by atoms with Crippen molar-refractivity contribution in [3.63, 3.8) is 0 Å². The smallest absolute Gasteiger partial charge is 0.260 e. The van der Waals surface area contributed by atoms with E-state index in [1.165, 1.54) is 32.6 Å². The van der Waals surface area contributed by atoms with E-state index >= 15 is 0 Å². The third-order valence-electron chi connectivity index (χ3n) is 13.6. The van der Waals surface area contributed by atoms with Crippen LogP contribution in [-0.2, 0) is 48.3 Å². The van der Waals surface area contributed by atoms with Crippen molar-refractivity contribution in [2.45, 2.75) is 55.6 Å². The lowest BCUT2D eigenvalue weighted by atomic mass is 9.91. The summed E-state index contributed by atoms with van der Waals surface area (Å²) in [4.78, 5) is 68.0. The molecule has 7 heterocycles. The zero-order valence-corrected chi connectivity index (χ0v) is 45.9. The molecule has 2 atom stereocenters. The Morgan fingerprint density at radius 3 is 1.44 bits per heavy atom. The summed E-state index contributed by atoms with van der Waals surface area (Å²) in [7, 11) is -4.11. The number of piperidine rings is 1. The lowest BCUT2D eigenvalue weighted by Gasteiger charge is -2.31. The number of hydrogen-bond acceptors (Lipinski definition) is 11. The molecule has 3 amide bonds. The molecule has 0 bridgehead atoms. The Morgan fingerprint density at radius 1 is 0.613 bits per heavy atom. The highest BCUT2D eigenvalue weighted by atomic mass is 127. The Labute approximate surface area is 464 Å². The summed E-state index contributed by atoms with van der Waals surface area (Å²) in [5.41, 5.74) is 9.71. The number of primary amides is 1. The average molecular weight is 1220 g/mol. The molecule has 3 aliphatic rings. The molecule has 1 fully saturated rings. The molecule has 75 heavy (non-hydrogen) atoms. The van der Waals surface area contributed by atoms with E-state index in [-0.39, 0.29) is 42.3 Å². The van der Waals surface area contributed by atoms with Crippen LogP contribution in [0.15, 0.2) is 140 Å². The summed E-state index contributed by atoms with van der Waals surface area (Å²) in [5.74, 6) is -0.617. The fraction of sp³-hybridized carbons (Fsp3) is 0.212. The van der Waals surface area contributed by atoms with E-state index in [4.69, 9.17) is 52.1 Å². The molecule has 3 aliphatic heterocycles. The minimum absolute atomic E-state index is 0.0858. The molecule has 1 saturated heterocycles. The number of nitrogens with zero attached hydrogens (tertiary/aromatic N) is 11. The first-order valence-corrected chi connectivity index (χ1v) is 27.3. The van der Waals surface area contributed by atoms with Crippen LogP contribution < -0.4 is 15.5 Å². The van der Waals surface area contributed by atoms with Gasteiger partial charge in [0, 0.05) is 87.9 Å². The van der Waals surface area contributed by atoms with Crippen molar-refractivity contribution in [2.75, 3.05) is 22.9 Å². The summed E-state index contributed by atoms with van der Waals surface area (Å²) in [5, 5.41) is 1.43. The highest BCUT2D eigenvalue weighted by Crippen LogP contribution is 2.46. The number of carbonyl (C=O) groups excluding carboxylic acids is 3. The van der Waals surface area contributed by atoms with Gasteiger partial charge in [0.2, 0.25) is 17.8 Å². The zero-order valence-electron chi connectivity index (χ0n) is 39.9. The van der Waals surface area contributed by atoms with E-state index in [0.29, 0.717) is 56.7 Å². The number of imidazole rings is 2. The summed E-state index contributed by atoms with van der Waals surface area (Å²) in [6, 6.07) is 25.5. The maximum atomic E-state index is 14.3. The molecule has 23 heteroatoms. The topological polar surface area (TPSA) is 208 Å². The van der Waals surface area contributed by atoms with Gasteiger partial charge in [0.05, 0.1) is 23.8 Å². The number of hydrogen-bond donors (Lipinski definition) is 1. The third kappa shape index (κ3) is 9.90. The zero-order chi connectivity index (χ0) is 53.0. The predicted molar refractivity (Wildman–Crippen MR) is 295 cm³/mol. The van der Waals surface area contributed by atoms with Crippen molar-refractivity contribution >= 4 is 120 Å². The molecule has 0 unspecified atom stereocenters. The van der Waals surface area contributed by atoms with E-state index in [9.17, 15) is 22.8 Å². The Bertz CT molecular complexity index is 3580. The van der Waals surface area contributed by atoms with Crippen LogP contribution in [0.4, 0.5) is 23.3 Å². The van der Waals surface area contributed by atoms with Crippen molar-refractivity contribution in [3.05, 3.63) is 170 Å². The van der Waals surface area contributed by atoms with Gasteiger partial charge in [-0.3, -0.25) is 23.5 Å². The Kier molecular flexibility index (Phi) is 14.4. The molecule has 4 aromatic heterocycles. The fourth-order valence-electron chi connectivity index (χ4n) is 9.87. The minimum Gasteiger partial charge on any atom is -0.369 e. The number of carbonyl (C=O) groups is 3. The fourth-order valence-corrected chi connectivity index (χ4v) is 13.4. The molecule has 2 N–H and O–H groups in total. The van der Waals surface area contributed by atoms with Gasteiger partial charge in [0.1, 0.15) is 27.4 Å². The van der Waals surface area contributed by atoms with Gasteiger partial charge in [0.25, 0.3) is 21.8 Å². The molecule has 0 spiro atoms. The van der Waals surface area contributed by atoms with Crippen molar-refractivity contribution in [2.24, 2.45) is 11.7 Å². The van der Waals surface area contributed by atoms with Crippen LogP contribution in [0.3, 0.4) is 0 Å². The molecule has 0 aliphatic carbocycles. The highest BCUT2D eigenvalue weighted by molar-refractivity contribution is 14.1. The molecule has 0 radical (unpaired) electrons. The quantitative estimate of drug-likeness (QED) is 0.121. The van der Waals surface area contributed by atoms with Crippen LogP contribution in [-0.4, -0.2) is 82.6 Å². The van der Waals surface area contributed by atoms with Gasteiger partial charge in [-0.1, -0.05) is 94.9 Å². The number of halogens is 5. The van der Waals surface area contributed by atoms with Crippen LogP contribution in [0.1, 0.15) is 37.8 Å². The summed E-state index contributed by atoms with van der Waals surface area (Å²) in [6.45, 7) is 3.89. The number of nitrogens with two attached hydrogens (primary N) is 1. The number of anilines is 4. The van der Waals surface area contributed by atoms with Gasteiger partial charge in [-0.25, -0.2) is 48.1 Å². The summed E-state index contributed by atoms with van der Waals surface area (Å²) >= 11 is 27.2. The first-order valence-electron chi connectivity index (χ1n) is 23.3. The Balaban J connectivity index is 0.000000178. The van der Waals surface area contributed by atoms with Crippen LogP contribution in [0, 0.1) is 9.62 Å². The van der Waals surface area contributed by atoms with Crippen molar-refractivity contribution in [3.8, 4) is 22.3 Å². The maximum absolute atomic E-state index is 14.3. The van der Waals surface area contributed by atoms with E-state index < -0.39 is 32.9 Å². The second-order valence-electron chi connectivity index (χ2n) is 18.6. The van der Waals surface area contributed by atoms with Crippen LogP contribution in [0.2, 0.25) is 20.1 Å². The van der Waals surface area contributed by atoms with Crippen LogP contribution in [0.25, 0.3) is 22.3 Å². The number of rotatable bonds is 11. The molecule has 382 valence electrons. The lowest BCUT2D eigenvalue weighted by Crippen LogP contribution is -2.45. The Morgan fingerprint density at radius 2 is 1.01 bits per heavy atom. The van der Waals surface area contributed by atoms with Gasteiger partial charge in [-0.2, -0.15) is 4.31 Å². The normalized spacial score (nSPS) is 18.7. The van der Waals surface area contributed by atoms with Gasteiger partial charge >= 0.3 is 0 Å². The first-order chi connectivity index (χ1) is 35.8. The monoisotopic (exact) mass is 1210 g/mol. The molecule has 0 saturated carbocycles. The van der Waals surface area contributed by atoms with Crippen molar-refractivity contribution < 1.29 is 22.8 Å². The van der Waals surface area contributed by atoms with Crippen molar-refractivity contribution in [1.29, 1.82) is 0 Å². The lowest BCUT2D eigenvalue weighted by molar-refractivity contribution is -0.124. The van der Waals surface area contributed by atoms with Crippen LogP contribution >= 0.6 is 69.0 Å². The van der Waals surface area contributed by atoms with Gasteiger partial charge in [-0.15, -0.1) is 0 Å². The van der Waals surface area contributed by atoms with E-state index in [2.05, 4.69) is 52.5 Å². The largest absolute Gasteiger partial charge is 0.369 e. The molecule has 8 aromatic rings. The molecular formula is C52H43Cl4IN12O5S. The van der Waals surface area contributed by atoms with Gasteiger partial charge in [0.15, 0.2) is 5.03 Å². The molecule has 11 rings (SSSR count). The highest BCUT2D eigenvalue weighted by Gasteiger charge is 2.53. The van der Waals surface area contributed by atoms with Crippen LogP contribution in [0.5, 0.6) is 0 Å². The summed E-state index contributed by atoms with van der Waals surface area (Å²) in [6.07, 6.45) is 14.3. The molecule has 17 nitrogen and oxygen atoms in total.